The lowest BCUT2D eigenvalue weighted by atomic mass is 10.0. The lowest BCUT2D eigenvalue weighted by molar-refractivity contribution is -0.130. The molecule has 9 heteroatoms. The first-order valence-electron chi connectivity index (χ1n) is 8.54. The smallest absolute Gasteiger partial charge is 0.408 e. The Labute approximate surface area is 157 Å². The van der Waals surface area contributed by atoms with Crippen LogP contribution in [0.15, 0.2) is 30.3 Å². The Morgan fingerprint density at radius 2 is 1.63 bits per heavy atom. The van der Waals surface area contributed by atoms with E-state index >= 15 is 0 Å². The van der Waals surface area contributed by atoms with E-state index < -0.39 is 42.3 Å². The number of carbonyl (C=O) groups excluding carboxylic acids is 4. The predicted molar refractivity (Wildman–Crippen MR) is 97.9 cm³/mol. The molecule has 0 heterocycles. The zero-order valence-corrected chi connectivity index (χ0v) is 15.4. The molecule has 1 rings (SSSR count). The number of alkyl carbamates (subject to hydrolysis) is 1. The SMILES string of the molecule is CC(C)C[C@@H](NC(=O)[C@H](CC(N)=O)NC(=O)OCc1ccccc1)C(N)=O. The molecule has 6 N–H and O–H groups in total. The molecule has 0 saturated carbocycles. The van der Waals surface area contributed by atoms with Crippen molar-refractivity contribution in [1.82, 2.24) is 10.6 Å². The highest BCUT2D eigenvalue weighted by molar-refractivity contribution is 5.93. The van der Waals surface area contributed by atoms with Crippen molar-refractivity contribution in [3.05, 3.63) is 35.9 Å². The minimum absolute atomic E-state index is 0.00511. The molecule has 4 amide bonds. The number of hydrogen-bond acceptors (Lipinski definition) is 5. The van der Waals surface area contributed by atoms with Crippen LogP contribution in [0.4, 0.5) is 4.79 Å². The number of nitrogens with two attached hydrogens (primary N) is 2. The summed E-state index contributed by atoms with van der Waals surface area (Å²) in [5, 5.41) is 4.73. The second-order valence-corrected chi connectivity index (χ2v) is 6.52. The third-order valence-electron chi connectivity index (χ3n) is 3.59. The third kappa shape index (κ3) is 8.70. The average Bonchev–Trinajstić information content (AvgIpc) is 2.58. The summed E-state index contributed by atoms with van der Waals surface area (Å²) in [4.78, 5) is 47.1. The number of primary amides is 2. The Morgan fingerprint density at radius 3 is 2.15 bits per heavy atom. The molecule has 0 aromatic heterocycles. The summed E-state index contributed by atoms with van der Waals surface area (Å²) in [6.45, 7) is 3.72. The molecule has 148 valence electrons. The van der Waals surface area contributed by atoms with Gasteiger partial charge in [0.25, 0.3) is 0 Å². The maximum atomic E-state index is 12.4. The number of hydrogen-bond donors (Lipinski definition) is 4. The van der Waals surface area contributed by atoms with E-state index in [0.717, 1.165) is 5.56 Å². The third-order valence-corrected chi connectivity index (χ3v) is 3.59. The number of ether oxygens (including phenoxy) is 1. The normalized spacial score (nSPS) is 12.7. The second kappa shape index (κ2) is 10.8. The van der Waals surface area contributed by atoms with Crippen LogP contribution in [-0.4, -0.2) is 35.9 Å². The first kappa shape index (κ1) is 21.9. The van der Waals surface area contributed by atoms with Gasteiger partial charge in [-0.3, -0.25) is 14.4 Å². The molecule has 2 atom stereocenters. The predicted octanol–water partition coefficient (Wildman–Crippen LogP) is 0.173. The Bertz CT molecular complexity index is 663. The van der Waals surface area contributed by atoms with Crippen LogP contribution in [0.5, 0.6) is 0 Å². The first-order chi connectivity index (χ1) is 12.7. The molecule has 1 aromatic rings. The summed E-state index contributed by atoms with van der Waals surface area (Å²) >= 11 is 0. The fourth-order valence-electron chi connectivity index (χ4n) is 2.31. The molecule has 0 aliphatic heterocycles. The van der Waals surface area contributed by atoms with Gasteiger partial charge in [0.15, 0.2) is 0 Å². The molecule has 27 heavy (non-hydrogen) atoms. The van der Waals surface area contributed by atoms with Gasteiger partial charge in [-0.1, -0.05) is 44.2 Å². The minimum atomic E-state index is -1.28. The fourth-order valence-corrected chi connectivity index (χ4v) is 2.31. The van der Waals surface area contributed by atoms with Crippen LogP contribution in [0.3, 0.4) is 0 Å². The average molecular weight is 378 g/mol. The quantitative estimate of drug-likeness (QED) is 0.457. The molecule has 0 radical (unpaired) electrons. The fraction of sp³-hybridized carbons (Fsp3) is 0.444. The monoisotopic (exact) mass is 378 g/mol. The van der Waals surface area contributed by atoms with Gasteiger partial charge in [-0.2, -0.15) is 0 Å². The molecule has 0 spiro atoms. The van der Waals surface area contributed by atoms with Crippen LogP contribution in [0.2, 0.25) is 0 Å². The second-order valence-electron chi connectivity index (χ2n) is 6.52. The summed E-state index contributed by atoms with van der Waals surface area (Å²) in [5.74, 6) is -2.14. The lowest BCUT2D eigenvalue weighted by Gasteiger charge is -2.22. The maximum Gasteiger partial charge on any atom is 0.408 e. The van der Waals surface area contributed by atoms with Crippen molar-refractivity contribution in [1.29, 1.82) is 0 Å². The minimum Gasteiger partial charge on any atom is -0.445 e. The molecule has 0 saturated heterocycles. The zero-order valence-electron chi connectivity index (χ0n) is 15.4. The molecule has 0 fully saturated rings. The van der Waals surface area contributed by atoms with Gasteiger partial charge in [-0.25, -0.2) is 4.79 Å². The van der Waals surface area contributed by atoms with Crippen LogP contribution in [0.1, 0.15) is 32.3 Å². The van der Waals surface area contributed by atoms with E-state index in [4.69, 9.17) is 16.2 Å². The van der Waals surface area contributed by atoms with Gasteiger partial charge in [0.1, 0.15) is 18.7 Å². The Balaban J connectivity index is 2.69. The van der Waals surface area contributed by atoms with Gasteiger partial charge < -0.3 is 26.8 Å². The van der Waals surface area contributed by atoms with Gasteiger partial charge in [0.05, 0.1) is 6.42 Å². The van der Waals surface area contributed by atoms with Gasteiger partial charge >= 0.3 is 6.09 Å². The summed E-state index contributed by atoms with van der Waals surface area (Å²) in [6, 6.07) is 6.74. The van der Waals surface area contributed by atoms with Gasteiger partial charge in [-0.05, 0) is 17.9 Å². The lowest BCUT2D eigenvalue weighted by Crippen LogP contribution is -2.54. The highest BCUT2D eigenvalue weighted by Gasteiger charge is 2.27. The first-order valence-corrected chi connectivity index (χ1v) is 8.54. The molecule has 0 unspecified atom stereocenters. The number of nitrogens with one attached hydrogen (secondary N) is 2. The van der Waals surface area contributed by atoms with Crippen molar-refractivity contribution in [2.24, 2.45) is 17.4 Å². The standard InChI is InChI=1S/C18H26N4O5/c1-11(2)8-13(16(20)24)21-17(25)14(9-15(19)23)22-18(26)27-10-12-6-4-3-5-7-12/h3-7,11,13-14H,8-10H2,1-2H3,(H2,19,23)(H2,20,24)(H,21,25)(H,22,26)/t13-,14+/m1/s1. The van der Waals surface area contributed by atoms with Crippen LogP contribution in [-0.2, 0) is 25.7 Å². The Kier molecular flexibility index (Phi) is 8.77. The number of amides is 4. The number of benzene rings is 1. The molecule has 0 aliphatic carbocycles. The number of carbonyl (C=O) groups is 4. The van der Waals surface area contributed by atoms with Crippen molar-refractivity contribution >= 4 is 23.8 Å². The van der Waals surface area contributed by atoms with E-state index in [0.29, 0.717) is 6.42 Å². The maximum absolute atomic E-state index is 12.4. The van der Waals surface area contributed by atoms with Crippen molar-refractivity contribution < 1.29 is 23.9 Å². The van der Waals surface area contributed by atoms with Crippen molar-refractivity contribution in [2.75, 3.05) is 0 Å². The molecular weight excluding hydrogens is 352 g/mol. The van der Waals surface area contributed by atoms with Crippen molar-refractivity contribution in [3.63, 3.8) is 0 Å². The summed E-state index contributed by atoms with van der Waals surface area (Å²) in [7, 11) is 0. The van der Waals surface area contributed by atoms with E-state index in [1.54, 1.807) is 24.3 Å². The summed E-state index contributed by atoms with van der Waals surface area (Å²) < 4.78 is 5.03. The Morgan fingerprint density at radius 1 is 1.00 bits per heavy atom. The topological polar surface area (TPSA) is 154 Å². The molecule has 1 aromatic carbocycles. The zero-order chi connectivity index (χ0) is 20.4. The Hall–Kier alpha value is -3.10. The molecule has 0 aliphatic rings. The molecular formula is C18H26N4O5. The number of rotatable bonds is 10. The molecule has 9 nitrogen and oxygen atoms in total. The highest BCUT2D eigenvalue weighted by Crippen LogP contribution is 2.06. The van der Waals surface area contributed by atoms with E-state index in [9.17, 15) is 19.2 Å². The van der Waals surface area contributed by atoms with Crippen LogP contribution in [0, 0.1) is 5.92 Å². The summed E-state index contributed by atoms with van der Waals surface area (Å²) in [5.41, 5.74) is 11.2. The van der Waals surface area contributed by atoms with E-state index in [2.05, 4.69) is 10.6 Å². The highest BCUT2D eigenvalue weighted by atomic mass is 16.5. The summed E-state index contributed by atoms with van der Waals surface area (Å²) in [6.07, 6.45) is -1.01. The van der Waals surface area contributed by atoms with Gasteiger partial charge in [0.2, 0.25) is 17.7 Å². The van der Waals surface area contributed by atoms with E-state index in [1.807, 2.05) is 19.9 Å². The van der Waals surface area contributed by atoms with Gasteiger partial charge in [-0.15, -0.1) is 0 Å². The largest absolute Gasteiger partial charge is 0.445 e. The van der Waals surface area contributed by atoms with E-state index in [-0.39, 0.29) is 12.5 Å². The van der Waals surface area contributed by atoms with Crippen LogP contribution in [0.25, 0.3) is 0 Å². The van der Waals surface area contributed by atoms with Crippen LogP contribution >= 0.6 is 0 Å². The van der Waals surface area contributed by atoms with Crippen molar-refractivity contribution in [2.45, 2.75) is 45.4 Å². The molecule has 0 bridgehead atoms. The van der Waals surface area contributed by atoms with Crippen LogP contribution < -0.4 is 22.1 Å². The van der Waals surface area contributed by atoms with Crippen molar-refractivity contribution in [3.8, 4) is 0 Å². The van der Waals surface area contributed by atoms with Gasteiger partial charge in [0, 0.05) is 0 Å². The van der Waals surface area contributed by atoms with E-state index in [1.165, 1.54) is 0 Å².